The largest absolute Gasteiger partial charge is 0.493 e. The zero-order chi connectivity index (χ0) is 17.1. The van der Waals surface area contributed by atoms with Crippen LogP contribution in [0.2, 0.25) is 0 Å². The van der Waals surface area contributed by atoms with Gasteiger partial charge in [0.05, 0.1) is 20.3 Å². The van der Waals surface area contributed by atoms with E-state index in [9.17, 15) is 0 Å². The molecule has 0 heterocycles. The first-order chi connectivity index (χ1) is 11.1. The van der Waals surface area contributed by atoms with Crippen LogP contribution in [0.25, 0.3) is 0 Å². The lowest BCUT2D eigenvalue weighted by Gasteiger charge is -2.15. The number of rotatable bonds is 9. The zero-order valence-corrected chi connectivity index (χ0v) is 15.0. The maximum absolute atomic E-state index is 5.61. The molecule has 23 heavy (non-hydrogen) atoms. The van der Waals surface area contributed by atoms with E-state index in [1.54, 1.807) is 7.11 Å². The quantitative estimate of drug-likeness (QED) is 0.540. The molecule has 0 saturated heterocycles. The Hall–Kier alpha value is -1.95. The van der Waals surface area contributed by atoms with Gasteiger partial charge in [0, 0.05) is 24.8 Å². The first-order valence-corrected chi connectivity index (χ1v) is 8.19. The normalized spacial score (nSPS) is 11.5. The smallest absolute Gasteiger partial charge is 0.195 e. The van der Waals surface area contributed by atoms with E-state index in [-0.39, 0.29) is 0 Å². The van der Waals surface area contributed by atoms with Crippen LogP contribution in [0, 0.1) is 0 Å². The highest BCUT2D eigenvalue weighted by molar-refractivity contribution is 5.93. The van der Waals surface area contributed by atoms with E-state index >= 15 is 0 Å². The maximum Gasteiger partial charge on any atom is 0.195 e. The summed E-state index contributed by atoms with van der Waals surface area (Å²) in [5.41, 5.74) is 0.915. The van der Waals surface area contributed by atoms with Gasteiger partial charge in [0.1, 0.15) is 0 Å². The molecule has 130 valence electrons. The Bertz CT molecular complexity index is 491. The van der Waals surface area contributed by atoms with Crippen molar-refractivity contribution in [3.05, 3.63) is 18.2 Å². The predicted molar refractivity (Wildman–Crippen MR) is 96.9 cm³/mol. The molecule has 1 aromatic rings. The van der Waals surface area contributed by atoms with Crippen LogP contribution in [0.3, 0.4) is 0 Å². The fourth-order valence-electron chi connectivity index (χ4n) is 1.96. The Kier molecular flexibility index (Phi) is 8.90. The SMILES string of the molecule is CCNC(=NCCN(C)CC)Nc1ccc(OC)c(OCC)c1. The van der Waals surface area contributed by atoms with Crippen molar-refractivity contribution in [1.82, 2.24) is 10.2 Å². The van der Waals surface area contributed by atoms with Gasteiger partial charge < -0.3 is 25.0 Å². The van der Waals surface area contributed by atoms with Gasteiger partial charge in [-0.3, -0.25) is 4.99 Å². The van der Waals surface area contributed by atoms with Crippen molar-refractivity contribution in [3.63, 3.8) is 0 Å². The minimum Gasteiger partial charge on any atom is -0.493 e. The molecule has 0 radical (unpaired) electrons. The summed E-state index contributed by atoms with van der Waals surface area (Å²) in [7, 11) is 3.73. The average Bonchev–Trinajstić information content (AvgIpc) is 2.55. The summed E-state index contributed by atoms with van der Waals surface area (Å²) in [4.78, 5) is 6.83. The molecule has 0 aliphatic rings. The fraction of sp³-hybridized carbons (Fsp3) is 0.588. The second-order valence-corrected chi connectivity index (χ2v) is 5.08. The van der Waals surface area contributed by atoms with Crippen LogP contribution in [-0.4, -0.2) is 57.8 Å². The molecule has 0 fully saturated rings. The number of methoxy groups -OCH3 is 1. The van der Waals surface area contributed by atoms with Gasteiger partial charge in [-0.15, -0.1) is 0 Å². The number of ether oxygens (including phenoxy) is 2. The number of anilines is 1. The van der Waals surface area contributed by atoms with Crippen LogP contribution in [-0.2, 0) is 0 Å². The van der Waals surface area contributed by atoms with Crippen molar-refractivity contribution in [2.75, 3.05) is 52.3 Å². The van der Waals surface area contributed by atoms with Gasteiger partial charge in [-0.25, -0.2) is 0 Å². The van der Waals surface area contributed by atoms with Crippen LogP contribution < -0.4 is 20.1 Å². The van der Waals surface area contributed by atoms with Gasteiger partial charge in [-0.2, -0.15) is 0 Å². The van der Waals surface area contributed by atoms with E-state index in [1.165, 1.54) is 0 Å². The molecule has 0 amide bonds. The van der Waals surface area contributed by atoms with Gasteiger partial charge in [-0.05, 0) is 39.6 Å². The number of hydrogen-bond donors (Lipinski definition) is 2. The Labute approximate surface area is 139 Å². The first-order valence-electron chi connectivity index (χ1n) is 8.19. The van der Waals surface area contributed by atoms with Gasteiger partial charge in [0.25, 0.3) is 0 Å². The molecule has 0 aromatic heterocycles. The van der Waals surface area contributed by atoms with Crippen LogP contribution in [0.5, 0.6) is 11.5 Å². The maximum atomic E-state index is 5.61. The third-order valence-corrected chi connectivity index (χ3v) is 3.36. The van der Waals surface area contributed by atoms with Crippen LogP contribution in [0.4, 0.5) is 5.69 Å². The standard InChI is InChI=1S/C17H30N4O2/c1-6-18-17(19-11-12-21(4)7-2)20-14-9-10-15(22-5)16(13-14)23-8-3/h9-10,13H,6-8,11-12H2,1-5H3,(H2,18,19,20). The van der Waals surface area contributed by atoms with Crippen molar-refractivity contribution in [2.45, 2.75) is 20.8 Å². The first kappa shape index (κ1) is 19.1. The summed E-state index contributed by atoms with van der Waals surface area (Å²) in [6.07, 6.45) is 0. The Morgan fingerprint density at radius 2 is 2.00 bits per heavy atom. The third-order valence-electron chi connectivity index (χ3n) is 3.36. The molecule has 0 spiro atoms. The van der Waals surface area contributed by atoms with Crippen molar-refractivity contribution in [3.8, 4) is 11.5 Å². The highest BCUT2D eigenvalue weighted by Crippen LogP contribution is 2.30. The lowest BCUT2D eigenvalue weighted by molar-refractivity contribution is 0.311. The van der Waals surface area contributed by atoms with Gasteiger partial charge >= 0.3 is 0 Å². The van der Waals surface area contributed by atoms with Crippen LogP contribution >= 0.6 is 0 Å². The van der Waals surface area contributed by atoms with Crippen molar-refractivity contribution in [1.29, 1.82) is 0 Å². The summed E-state index contributed by atoms with van der Waals surface area (Å²) in [6.45, 7) is 10.2. The van der Waals surface area contributed by atoms with Gasteiger partial charge in [0.2, 0.25) is 0 Å². The van der Waals surface area contributed by atoms with Crippen molar-refractivity contribution < 1.29 is 9.47 Å². The molecule has 6 heteroatoms. The number of benzene rings is 1. The van der Waals surface area contributed by atoms with E-state index in [1.807, 2.05) is 25.1 Å². The molecule has 0 saturated carbocycles. The van der Waals surface area contributed by atoms with Crippen LogP contribution in [0.1, 0.15) is 20.8 Å². The fourth-order valence-corrected chi connectivity index (χ4v) is 1.96. The number of guanidine groups is 1. The van der Waals surface area contributed by atoms with E-state index in [4.69, 9.17) is 9.47 Å². The minimum atomic E-state index is 0.595. The second-order valence-electron chi connectivity index (χ2n) is 5.08. The third kappa shape index (κ3) is 6.78. The van der Waals surface area contributed by atoms with Crippen molar-refractivity contribution >= 4 is 11.6 Å². The molecule has 0 aliphatic carbocycles. The highest BCUT2D eigenvalue weighted by Gasteiger charge is 2.07. The molecular formula is C17H30N4O2. The van der Waals surface area contributed by atoms with E-state index in [0.29, 0.717) is 6.61 Å². The van der Waals surface area contributed by atoms with Crippen molar-refractivity contribution in [2.24, 2.45) is 4.99 Å². The number of aliphatic imine (C=N–C) groups is 1. The Balaban J connectivity index is 2.78. The predicted octanol–water partition coefficient (Wildman–Crippen LogP) is 2.42. The molecule has 0 unspecified atom stereocenters. The summed E-state index contributed by atoms with van der Waals surface area (Å²) in [5.74, 6) is 2.22. The Morgan fingerprint density at radius 1 is 1.22 bits per heavy atom. The van der Waals surface area contributed by atoms with E-state index < -0.39 is 0 Å². The number of hydrogen-bond acceptors (Lipinski definition) is 4. The highest BCUT2D eigenvalue weighted by atomic mass is 16.5. The van der Waals surface area contributed by atoms with Crippen LogP contribution in [0.15, 0.2) is 23.2 Å². The molecule has 2 N–H and O–H groups in total. The summed E-state index contributed by atoms with van der Waals surface area (Å²) >= 11 is 0. The lowest BCUT2D eigenvalue weighted by atomic mass is 10.2. The number of nitrogens with zero attached hydrogens (tertiary/aromatic N) is 2. The monoisotopic (exact) mass is 322 g/mol. The van der Waals surface area contributed by atoms with E-state index in [2.05, 4.69) is 41.4 Å². The molecule has 6 nitrogen and oxygen atoms in total. The summed E-state index contributed by atoms with van der Waals surface area (Å²) in [6, 6.07) is 5.77. The molecule has 0 atom stereocenters. The minimum absolute atomic E-state index is 0.595. The molecule has 0 bridgehead atoms. The molecule has 1 rings (SSSR count). The average molecular weight is 322 g/mol. The molecular weight excluding hydrogens is 292 g/mol. The van der Waals surface area contributed by atoms with E-state index in [0.717, 1.165) is 49.3 Å². The topological polar surface area (TPSA) is 58.1 Å². The zero-order valence-electron chi connectivity index (χ0n) is 15.0. The molecule has 0 aliphatic heterocycles. The van der Waals surface area contributed by atoms with Gasteiger partial charge in [-0.1, -0.05) is 6.92 Å². The second kappa shape index (κ2) is 10.7. The lowest BCUT2D eigenvalue weighted by Crippen LogP contribution is -2.32. The number of nitrogens with one attached hydrogen (secondary N) is 2. The van der Waals surface area contributed by atoms with Gasteiger partial charge in [0.15, 0.2) is 17.5 Å². The summed E-state index contributed by atoms with van der Waals surface area (Å²) < 4.78 is 10.9. The number of likely N-dealkylation sites (N-methyl/N-ethyl adjacent to an activating group) is 1. The summed E-state index contributed by atoms with van der Waals surface area (Å²) in [5, 5.41) is 6.56. The molecule has 1 aromatic carbocycles. The Morgan fingerprint density at radius 3 is 2.61 bits per heavy atom.